The topological polar surface area (TPSA) is 76.2 Å². The van der Waals surface area contributed by atoms with Crippen molar-refractivity contribution >= 4 is 5.97 Å². The van der Waals surface area contributed by atoms with Crippen molar-refractivity contribution in [2.45, 2.75) is 31.1 Å². The Balaban J connectivity index is 1.94. The van der Waals surface area contributed by atoms with Crippen LogP contribution in [-0.4, -0.2) is 21.2 Å². The van der Waals surface area contributed by atoms with Crippen LogP contribution in [0.25, 0.3) is 0 Å². The van der Waals surface area contributed by atoms with Crippen LogP contribution in [0.4, 0.5) is 0 Å². The fraction of sp³-hybridized carbons (Fsp3) is 0.667. The van der Waals surface area contributed by atoms with E-state index in [1.54, 1.807) is 0 Å². The summed E-state index contributed by atoms with van der Waals surface area (Å²) in [5, 5.41) is 12.1. The Labute approximate surface area is 80.1 Å². The maximum atomic E-state index is 10.6. The molecule has 0 aromatic carbocycles. The lowest BCUT2D eigenvalue weighted by atomic mass is 10.0. The molecular weight excluding hydrogens is 184 g/mol. The van der Waals surface area contributed by atoms with Crippen LogP contribution in [0.1, 0.15) is 42.2 Å². The first-order chi connectivity index (χ1) is 6.72. The van der Waals surface area contributed by atoms with E-state index in [0.717, 1.165) is 12.8 Å². The molecule has 2 fully saturated rings. The molecule has 1 aromatic rings. The third-order valence-electron chi connectivity index (χ3n) is 3.45. The average Bonchev–Trinajstić information content (AvgIpc) is 2.63. The van der Waals surface area contributed by atoms with Gasteiger partial charge in [-0.15, -0.1) is 0 Å². The molecule has 0 amide bonds. The molecule has 5 heteroatoms. The number of hydrogen-bond acceptors (Lipinski definition) is 4. The molecule has 1 N–H and O–H groups in total. The zero-order chi connectivity index (χ0) is 9.76. The fourth-order valence-electron chi connectivity index (χ4n) is 2.61. The number of aromatic carboxylic acids is 1. The van der Waals surface area contributed by atoms with Gasteiger partial charge >= 0.3 is 5.97 Å². The number of carboxylic acids is 1. The standard InChI is InChI=1S/C9H10N2O3/c12-7(13)6-10-8(14-11-6)9-3-1-2-5(9)4-9/h5H,1-4H2,(H,12,13)/t5-,9-/m1/s1. The molecule has 0 unspecified atom stereocenters. The van der Waals surface area contributed by atoms with Crippen molar-refractivity contribution < 1.29 is 14.4 Å². The zero-order valence-electron chi connectivity index (χ0n) is 7.56. The van der Waals surface area contributed by atoms with E-state index in [4.69, 9.17) is 9.63 Å². The van der Waals surface area contributed by atoms with Crippen molar-refractivity contribution in [2.75, 3.05) is 0 Å². The van der Waals surface area contributed by atoms with Gasteiger partial charge in [0.1, 0.15) is 0 Å². The molecule has 0 aliphatic heterocycles. The molecule has 5 nitrogen and oxygen atoms in total. The molecule has 1 aromatic heterocycles. The van der Waals surface area contributed by atoms with E-state index in [2.05, 4.69) is 10.1 Å². The van der Waals surface area contributed by atoms with Crippen molar-refractivity contribution in [3.63, 3.8) is 0 Å². The van der Waals surface area contributed by atoms with E-state index in [0.29, 0.717) is 11.8 Å². The van der Waals surface area contributed by atoms with Crippen molar-refractivity contribution in [3.8, 4) is 0 Å². The van der Waals surface area contributed by atoms with E-state index in [1.807, 2.05) is 0 Å². The maximum Gasteiger partial charge on any atom is 0.377 e. The molecule has 1 heterocycles. The molecule has 0 spiro atoms. The average molecular weight is 194 g/mol. The predicted molar refractivity (Wildman–Crippen MR) is 44.9 cm³/mol. The predicted octanol–water partition coefficient (Wildman–Crippen LogP) is 1.21. The number of carboxylic acid groups (broad SMARTS) is 1. The first-order valence-corrected chi connectivity index (χ1v) is 4.80. The molecule has 2 aliphatic rings. The third kappa shape index (κ3) is 0.867. The first-order valence-electron chi connectivity index (χ1n) is 4.80. The zero-order valence-corrected chi connectivity index (χ0v) is 7.56. The molecule has 2 atom stereocenters. The summed E-state index contributed by atoms with van der Waals surface area (Å²) in [6.45, 7) is 0. The molecule has 74 valence electrons. The minimum atomic E-state index is -1.12. The second kappa shape index (κ2) is 2.34. The van der Waals surface area contributed by atoms with Gasteiger partial charge in [0, 0.05) is 0 Å². The first kappa shape index (κ1) is 7.96. The Morgan fingerprint density at radius 3 is 3.00 bits per heavy atom. The van der Waals surface area contributed by atoms with Gasteiger partial charge in [-0.05, 0) is 30.3 Å². The fourth-order valence-corrected chi connectivity index (χ4v) is 2.61. The Morgan fingerprint density at radius 1 is 1.64 bits per heavy atom. The van der Waals surface area contributed by atoms with Gasteiger partial charge in [0.15, 0.2) is 0 Å². The number of nitrogens with zero attached hydrogens (tertiary/aromatic N) is 2. The van der Waals surface area contributed by atoms with Crippen molar-refractivity contribution in [1.82, 2.24) is 10.1 Å². The Bertz CT molecular complexity index is 401. The summed E-state index contributed by atoms with van der Waals surface area (Å²) in [7, 11) is 0. The van der Waals surface area contributed by atoms with Gasteiger partial charge in [-0.1, -0.05) is 6.42 Å². The van der Waals surface area contributed by atoms with Crippen LogP contribution in [0.2, 0.25) is 0 Å². The Kier molecular flexibility index (Phi) is 1.33. The second-order valence-electron chi connectivity index (χ2n) is 4.18. The van der Waals surface area contributed by atoms with Crippen LogP contribution in [0.5, 0.6) is 0 Å². The van der Waals surface area contributed by atoms with Crippen molar-refractivity contribution in [3.05, 3.63) is 11.7 Å². The maximum absolute atomic E-state index is 10.6. The summed E-state index contributed by atoms with van der Waals surface area (Å²) >= 11 is 0. The molecular formula is C9H10N2O3. The van der Waals surface area contributed by atoms with Gasteiger partial charge in [-0.25, -0.2) is 4.79 Å². The van der Waals surface area contributed by atoms with E-state index < -0.39 is 5.97 Å². The monoisotopic (exact) mass is 194 g/mol. The number of fused-ring (bicyclic) bond motifs is 1. The van der Waals surface area contributed by atoms with Gasteiger partial charge in [0.05, 0.1) is 5.41 Å². The van der Waals surface area contributed by atoms with Crippen molar-refractivity contribution in [1.29, 1.82) is 0 Å². The lowest BCUT2D eigenvalue weighted by molar-refractivity contribution is 0.0680. The van der Waals surface area contributed by atoms with E-state index >= 15 is 0 Å². The number of aromatic nitrogens is 2. The Morgan fingerprint density at radius 2 is 2.50 bits per heavy atom. The highest BCUT2D eigenvalue weighted by Gasteiger charge is 2.61. The van der Waals surface area contributed by atoms with Crippen LogP contribution in [0.3, 0.4) is 0 Å². The normalized spacial score (nSPS) is 34.1. The molecule has 0 bridgehead atoms. The summed E-state index contributed by atoms with van der Waals surface area (Å²) in [4.78, 5) is 14.5. The number of hydrogen-bond donors (Lipinski definition) is 1. The Hall–Kier alpha value is -1.39. The molecule has 3 rings (SSSR count). The summed E-state index contributed by atoms with van der Waals surface area (Å²) < 4.78 is 5.01. The van der Waals surface area contributed by atoms with Crippen LogP contribution in [0.15, 0.2) is 4.52 Å². The van der Waals surface area contributed by atoms with Gasteiger partial charge in [-0.3, -0.25) is 0 Å². The van der Waals surface area contributed by atoms with Gasteiger partial charge in [0.2, 0.25) is 5.89 Å². The van der Waals surface area contributed by atoms with E-state index in [9.17, 15) is 4.79 Å². The van der Waals surface area contributed by atoms with Gasteiger partial charge in [-0.2, -0.15) is 4.98 Å². The van der Waals surface area contributed by atoms with E-state index in [-0.39, 0.29) is 11.2 Å². The third-order valence-corrected chi connectivity index (χ3v) is 3.45. The van der Waals surface area contributed by atoms with Gasteiger partial charge < -0.3 is 9.63 Å². The largest absolute Gasteiger partial charge is 0.475 e. The highest BCUT2D eigenvalue weighted by molar-refractivity contribution is 5.82. The molecule has 0 radical (unpaired) electrons. The second-order valence-corrected chi connectivity index (χ2v) is 4.18. The van der Waals surface area contributed by atoms with E-state index in [1.165, 1.54) is 12.8 Å². The quantitative estimate of drug-likeness (QED) is 0.765. The van der Waals surface area contributed by atoms with Gasteiger partial charge in [0.25, 0.3) is 5.82 Å². The SMILES string of the molecule is O=C(O)c1noc([C@@]23CCC[C@@H]2C3)n1. The van der Waals surface area contributed by atoms with Crippen LogP contribution in [0, 0.1) is 5.92 Å². The summed E-state index contributed by atoms with van der Waals surface area (Å²) in [5.74, 6) is -0.138. The van der Waals surface area contributed by atoms with Crippen molar-refractivity contribution in [2.24, 2.45) is 5.92 Å². The highest BCUT2D eigenvalue weighted by Crippen LogP contribution is 2.63. The minimum absolute atomic E-state index is 0.0562. The van der Waals surface area contributed by atoms with Crippen LogP contribution >= 0.6 is 0 Å². The minimum Gasteiger partial charge on any atom is -0.475 e. The summed E-state index contributed by atoms with van der Waals surface area (Å²) in [5.41, 5.74) is 0.0562. The lowest BCUT2D eigenvalue weighted by Gasteiger charge is -2.02. The highest BCUT2D eigenvalue weighted by atomic mass is 16.5. The molecule has 0 saturated heterocycles. The number of rotatable bonds is 2. The molecule has 2 saturated carbocycles. The smallest absolute Gasteiger partial charge is 0.377 e. The van der Waals surface area contributed by atoms with Crippen LogP contribution < -0.4 is 0 Å². The van der Waals surface area contributed by atoms with Crippen LogP contribution in [-0.2, 0) is 5.41 Å². The molecule has 14 heavy (non-hydrogen) atoms. The molecule has 2 aliphatic carbocycles. The lowest BCUT2D eigenvalue weighted by Crippen LogP contribution is -2.06. The summed E-state index contributed by atoms with van der Waals surface area (Å²) in [6, 6.07) is 0. The summed E-state index contributed by atoms with van der Waals surface area (Å²) in [6.07, 6.45) is 4.56. The number of carbonyl (C=O) groups is 1.